The lowest BCUT2D eigenvalue weighted by Crippen LogP contribution is -2.07. The van der Waals surface area contributed by atoms with E-state index in [2.05, 4.69) is 15.9 Å². The summed E-state index contributed by atoms with van der Waals surface area (Å²) in [6, 6.07) is 7.62. The van der Waals surface area contributed by atoms with Crippen molar-refractivity contribution >= 4 is 33.3 Å². The van der Waals surface area contributed by atoms with E-state index in [0.29, 0.717) is 9.50 Å². The second-order valence-electron chi connectivity index (χ2n) is 3.55. The van der Waals surface area contributed by atoms with E-state index in [0.717, 1.165) is 12.1 Å². The molecule has 2 aromatic rings. The molecule has 1 nitrogen and oxygen atoms in total. The first kappa shape index (κ1) is 13.2. The van der Waals surface area contributed by atoms with E-state index in [1.54, 1.807) is 0 Å². The summed E-state index contributed by atoms with van der Waals surface area (Å²) in [6.45, 7) is 0. The molecular formula is C13H6BrClF2O. The van der Waals surface area contributed by atoms with Crippen molar-refractivity contribution in [1.82, 2.24) is 0 Å². The van der Waals surface area contributed by atoms with Crippen molar-refractivity contribution in [2.24, 2.45) is 0 Å². The average molecular weight is 332 g/mol. The summed E-state index contributed by atoms with van der Waals surface area (Å²) in [6.07, 6.45) is 0. The number of ketones is 1. The van der Waals surface area contributed by atoms with Gasteiger partial charge in [0.25, 0.3) is 0 Å². The van der Waals surface area contributed by atoms with Gasteiger partial charge < -0.3 is 0 Å². The number of carbonyl (C=O) groups is 1. The summed E-state index contributed by atoms with van der Waals surface area (Å²) in [4.78, 5) is 12.0. The van der Waals surface area contributed by atoms with Gasteiger partial charge in [-0.15, -0.1) is 0 Å². The van der Waals surface area contributed by atoms with Gasteiger partial charge in [-0.25, -0.2) is 8.78 Å². The molecule has 92 valence electrons. The molecule has 0 spiro atoms. The van der Waals surface area contributed by atoms with Crippen molar-refractivity contribution in [2.75, 3.05) is 0 Å². The molecule has 0 amide bonds. The van der Waals surface area contributed by atoms with Gasteiger partial charge in [0.15, 0.2) is 5.78 Å². The zero-order valence-corrected chi connectivity index (χ0v) is 11.2. The minimum absolute atomic E-state index is 0.162. The second kappa shape index (κ2) is 5.16. The Balaban J connectivity index is 2.51. The van der Waals surface area contributed by atoms with Crippen molar-refractivity contribution in [3.63, 3.8) is 0 Å². The summed E-state index contributed by atoms with van der Waals surface area (Å²) >= 11 is 8.94. The van der Waals surface area contributed by atoms with Crippen LogP contribution < -0.4 is 0 Å². The van der Waals surface area contributed by atoms with Gasteiger partial charge in [0.1, 0.15) is 11.6 Å². The minimum atomic E-state index is -0.883. The normalized spacial score (nSPS) is 10.4. The maximum Gasteiger partial charge on any atom is 0.198 e. The molecule has 0 fully saturated rings. The lowest BCUT2D eigenvalue weighted by Gasteiger charge is -2.05. The lowest BCUT2D eigenvalue weighted by molar-refractivity contribution is 0.103. The summed E-state index contributed by atoms with van der Waals surface area (Å²) in [5.41, 5.74) is -0.401. The van der Waals surface area contributed by atoms with Crippen LogP contribution in [0.4, 0.5) is 8.78 Å². The van der Waals surface area contributed by atoms with Gasteiger partial charge in [0, 0.05) is 10.0 Å². The van der Waals surface area contributed by atoms with Crippen LogP contribution in [-0.4, -0.2) is 5.78 Å². The van der Waals surface area contributed by atoms with Gasteiger partial charge in [-0.1, -0.05) is 17.7 Å². The van der Waals surface area contributed by atoms with Gasteiger partial charge >= 0.3 is 0 Å². The van der Waals surface area contributed by atoms with Crippen LogP contribution >= 0.6 is 27.5 Å². The Labute approximate surface area is 116 Å². The van der Waals surface area contributed by atoms with Crippen LogP contribution in [0.5, 0.6) is 0 Å². The molecule has 0 saturated carbocycles. The largest absolute Gasteiger partial charge is 0.288 e. The third-order valence-corrected chi connectivity index (χ3v) is 3.59. The van der Waals surface area contributed by atoms with Crippen molar-refractivity contribution in [1.29, 1.82) is 0 Å². The Kier molecular flexibility index (Phi) is 3.78. The molecule has 0 aliphatic rings. The maximum absolute atomic E-state index is 13.5. The average Bonchev–Trinajstić information content (AvgIpc) is 2.32. The Morgan fingerprint density at radius 3 is 2.28 bits per heavy atom. The van der Waals surface area contributed by atoms with Gasteiger partial charge in [-0.2, -0.15) is 0 Å². The lowest BCUT2D eigenvalue weighted by atomic mass is 10.0. The highest BCUT2D eigenvalue weighted by atomic mass is 79.9. The monoisotopic (exact) mass is 330 g/mol. The van der Waals surface area contributed by atoms with Crippen LogP contribution in [0.1, 0.15) is 15.9 Å². The molecule has 2 rings (SSSR count). The van der Waals surface area contributed by atoms with E-state index in [9.17, 15) is 13.6 Å². The summed E-state index contributed by atoms with van der Waals surface area (Å²) in [5, 5.41) is 0.417. The molecule has 2 aromatic carbocycles. The Bertz CT molecular complexity index is 608. The van der Waals surface area contributed by atoms with Crippen LogP contribution in [0, 0.1) is 11.6 Å². The highest BCUT2D eigenvalue weighted by molar-refractivity contribution is 9.10. The molecule has 0 aliphatic carbocycles. The molecule has 0 saturated heterocycles. The predicted molar refractivity (Wildman–Crippen MR) is 68.9 cm³/mol. The van der Waals surface area contributed by atoms with E-state index in [-0.39, 0.29) is 5.56 Å². The van der Waals surface area contributed by atoms with Gasteiger partial charge in [0.2, 0.25) is 0 Å². The molecule has 0 aromatic heterocycles. The van der Waals surface area contributed by atoms with Crippen LogP contribution in [0.25, 0.3) is 0 Å². The molecule has 0 aliphatic heterocycles. The van der Waals surface area contributed by atoms with E-state index < -0.39 is 23.0 Å². The zero-order valence-electron chi connectivity index (χ0n) is 8.88. The highest BCUT2D eigenvalue weighted by Gasteiger charge is 2.19. The summed E-state index contributed by atoms with van der Waals surface area (Å²) < 4.78 is 27.4. The Hall–Kier alpha value is -1.26. The van der Waals surface area contributed by atoms with Crippen LogP contribution in [0.15, 0.2) is 40.9 Å². The van der Waals surface area contributed by atoms with Crippen molar-refractivity contribution in [3.05, 3.63) is 68.7 Å². The van der Waals surface area contributed by atoms with Crippen LogP contribution in [0.2, 0.25) is 5.02 Å². The van der Waals surface area contributed by atoms with Gasteiger partial charge in [-0.05, 0) is 46.3 Å². The minimum Gasteiger partial charge on any atom is -0.288 e. The molecule has 0 unspecified atom stereocenters. The van der Waals surface area contributed by atoms with E-state index >= 15 is 0 Å². The molecule has 5 heteroatoms. The predicted octanol–water partition coefficient (Wildman–Crippen LogP) is 4.61. The molecule has 18 heavy (non-hydrogen) atoms. The molecule has 0 bridgehead atoms. The topological polar surface area (TPSA) is 17.1 Å². The number of halogens is 4. The SMILES string of the molecule is O=C(c1ccc(Cl)c(Br)c1)c1c(F)cccc1F. The number of hydrogen-bond acceptors (Lipinski definition) is 1. The molecule has 0 heterocycles. The highest BCUT2D eigenvalue weighted by Crippen LogP contribution is 2.25. The number of benzene rings is 2. The van der Waals surface area contributed by atoms with Crippen molar-refractivity contribution in [2.45, 2.75) is 0 Å². The number of rotatable bonds is 2. The fourth-order valence-corrected chi connectivity index (χ4v) is 1.99. The molecule has 0 N–H and O–H groups in total. The van der Waals surface area contributed by atoms with Crippen molar-refractivity contribution in [3.8, 4) is 0 Å². The van der Waals surface area contributed by atoms with E-state index in [1.807, 2.05) is 0 Å². The number of carbonyl (C=O) groups excluding carboxylic acids is 1. The first-order valence-corrected chi connectivity index (χ1v) is 6.11. The fourth-order valence-electron chi connectivity index (χ4n) is 1.50. The summed E-state index contributed by atoms with van der Waals surface area (Å²) in [5.74, 6) is -2.49. The third kappa shape index (κ3) is 2.44. The number of hydrogen-bond donors (Lipinski definition) is 0. The molecule has 0 radical (unpaired) electrons. The standard InChI is InChI=1S/C13H6BrClF2O/c14-8-6-7(4-5-9(8)15)13(18)12-10(16)2-1-3-11(12)17/h1-6H. The van der Waals surface area contributed by atoms with Gasteiger partial charge in [-0.3, -0.25) is 4.79 Å². The maximum atomic E-state index is 13.5. The molecular weight excluding hydrogens is 325 g/mol. The Morgan fingerprint density at radius 2 is 1.72 bits per heavy atom. The van der Waals surface area contributed by atoms with Gasteiger partial charge in [0.05, 0.1) is 10.6 Å². The van der Waals surface area contributed by atoms with E-state index in [4.69, 9.17) is 11.6 Å². The fraction of sp³-hybridized carbons (Fsp3) is 0. The molecule has 0 atom stereocenters. The van der Waals surface area contributed by atoms with E-state index in [1.165, 1.54) is 24.3 Å². The van der Waals surface area contributed by atoms with Crippen LogP contribution in [-0.2, 0) is 0 Å². The second-order valence-corrected chi connectivity index (χ2v) is 4.82. The first-order chi connectivity index (χ1) is 8.50. The smallest absolute Gasteiger partial charge is 0.198 e. The van der Waals surface area contributed by atoms with Crippen LogP contribution in [0.3, 0.4) is 0 Å². The van der Waals surface area contributed by atoms with Crippen molar-refractivity contribution < 1.29 is 13.6 Å². The Morgan fingerprint density at radius 1 is 1.11 bits per heavy atom. The first-order valence-electron chi connectivity index (χ1n) is 4.94. The zero-order chi connectivity index (χ0) is 13.3. The quantitative estimate of drug-likeness (QED) is 0.734. The summed E-state index contributed by atoms with van der Waals surface area (Å²) in [7, 11) is 0. The third-order valence-electron chi connectivity index (χ3n) is 2.37.